The minimum Gasteiger partial charge on any atom is -0.387 e. The molecule has 0 aromatic heterocycles. The number of benzene rings is 3. The molecule has 0 spiro atoms. The van der Waals surface area contributed by atoms with Crippen LogP contribution in [0.15, 0.2) is 91.0 Å². The summed E-state index contributed by atoms with van der Waals surface area (Å²) in [6.07, 6.45) is 5.97. The highest BCUT2D eigenvalue weighted by Crippen LogP contribution is 2.56. The van der Waals surface area contributed by atoms with Crippen LogP contribution in [0.5, 0.6) is 0 Å². The Labute approximate surface area is 264 Å². The zero-order valence-corrected chi connectivity index (χ0v) is 27.5. The van der Waals surface area contributed by atoms with Crippen LogP contribution in [-0.4, -0.2) is 70.5 Å². The van der Waals surface area contributed by atoms with E-state index in [1.165, 1.54) is 55.8 Å². The van der Waals surface area contributed by atoms with E-state index >= 15 is 0 Å². The molecule has 6 unspecified atom stereocenters. The average molecular weight is 624 g/mol. The molecule has 0 radical (unpaired) electrons. The summed E-state index contributed by atoms with van der Waals surface area (Å²) in [7, 11) is 0.814. The van der Waals surface area contributed by atoms with Gasteiger partial charge in [-0.15, -0.1) is 0 Å². The van der Waals surface area contributed by atoms with Crippen LogP contribution >= 0.6 is 7.26 Å². The summed E-state index contributed by atoms with van der Waals surface area (Å²) in [6.45, 7) is 1.63. The number of rotatable bonds is 16. The highest BCUT2D eigenvalue weighted by molar-refractivity contribution is 7.95. The van der Waals surface area contributed by atoms with Crippen molar-refractivity contribution in [3.8, 4) is 0 Å². The van der Waals surface area contributed by atoms with Crippen molar-refractivity contribution in [1.82, 2.24) is 0 Å². The Hall–Kier alpha value is -2.15. The normalized spacial score (nSPS) is 27.3. The molecule has 4 N–H and O–H groups in total. The van der Waals surface area contributed by atoms with Gasteiger partial charge in [-0.2, -0.15) is 0 Å². The summed E-state index contributed by atoms with van der Waals surface area (Å²) < 4.78 is 10.4. The minimum absolute atomic E-state index is 0.316. The van der Waals surface area contributed by atoms with E-state index in [0.29, 0.717) is 12.8 Å². The number of aliphatic hydroxyl groups is 4. The first-order valence-corrected chi connectivity index (χ1v) is 18.2. The van der Waals surface area contributed by atoms with E-state index in [1.54, 1.807) is 6.92 Å². The van der Waals surface area contributed by atoms with Gasteiger partial charge < -0.3 is 29.9 Å². The number of ether oxygens (including phenoxy) is 2. The molecule has 0 saturated heterocycles. The molecule has 6 nitrogen and oxygen atoms in total. The summed E-state index contributed by atoms with van der Waals surface area (Å²) in [5.74, 6) is -2.86. The molecule has 3 aromatic rings. The van der Waals surface area contributed by atoms with Crippen molar-refractivity contribution in [3.05, 3.63) is 91.0 Å². The second-order valence-electron chi connectivity index (χ2n) is 12.4. The molecule has 1 saturated carbocycles. The zero-order chi connectivity index (χ0) is 31.6. The Morgan fingerprint density at radius 3 is 1.43 bits per heavy atom. The summed E-state index contributed by atoms with van der Waals surface area (Å²) in [4.78, 5) is 0. The van der Waals surface area contributed by atoms with Crippen molar-refractivity contribution in [2.75, 3.05) is 20.4 Å². The summed E-state index contributed by atoms with van der Waals surface area (Å²) >= 11 is 0. The highest BCUT2D eigenvalue weighted by Gasteiger charge is 2.64. The molecule has 1 aliphatic rings. The maximum atomic E-state index is 11.4. The fraction of sp³-hybridized carbons (Fsp3) is 0.514. The molecule has 7 heteroatoms. The summed E-state index contributed by atoms with van der Waals surface area (Å²) in [6, 6.07) is 33.2. The van der Waals surface area contributed by atoms with E-state index < -0.39 is 42.9 Å². The van der Waals surface area contributed by atoms with Gasteiger partial charge in [0.15, 0.2) is 0 Å². The molecule has 0 bridgehead atoms. The van der Waals surface area contributed by atoms with Crippen LogP contribution in [0.1, 0.15) is 64.7 Å². The van der Waals surface area contributed by atoms with Crippen LogP contribution in [0.25, 0.3) is 0 Å². The molecule has 44 heavy (non-hydrogen) atoms. The summed E-state index contributed by atoms with van der Waals surface area (Å²) in [5.41, 5.74) is -1.57. The standard InChI is InChI=1S/C37H52O6P/c1-29-33(38)37(41,43-3)35(42-2)34(39)36(29,40)27-19-8-6-4-5-7-9-20-28-44(30-21-13-10-14-22-30,31-23-15-11-16-24-31)32-25-17-12-18-26-32/h10-18,21-26,29,33-35,38-41H,4-9,19-20,27-28H2,1-3H3/q+1. The van der Waals surface area contributed by atoms with Gasteiger partial charge in [-0.3, -0.25) is 0 Å². The van der Waals surface area contributed by atoms with Crippen molar-refractivity contribution in [2.24, 2.45) is 5.92 Å². The van der Waals surface area contributed by atoms with E-state index in [4.69, 9.17) is 9.47 Å². The molecule has 3 aromatic carbocycles. The maximum Gasteiger partial charge on any atom is 0.222 e. The number of hydrogen-bond acceptors (Lipinski definition) is 6. The van der Waals surface area contributed by atoms with Crippen LogP contribution in [0.2, 0.25) is 0 Å². The number of unbranched alkanes of at least 4 members (excludes halogenated alkanes) is 7. The average Bonchev–Trinajstić information content (AvgIpc) is 3.07. The first-order chi connectivity index (χ1) is 21.3. The Morgan fingerprint density at radius 1 is 0.614 bits per heavy atom. The molecule has 1 aliphatic carbocycles. The Balaban J connectivity index is 1.27. The molecule has 1 fully saturated rings. The molecule has 6 atom stereocenters. The van der Waals surface area contributed by atoms with Gasteiger partial charge in [0.25, 0.3) is 0 Å². The SMILES string of the molecule is COC1C(O)C(O)(CCCCCCCCCC[P+](c2ccccc2)(c2ccccc2)c2ccccc2)C(C)C(O)C1(O)OC. The minimum atomic E-state index is -2.08. The lowest BCUT2D eigenvalue weighted by Crippen LogP contribution is -2.74. The third kappa shape index (κ3) is 7.13. The molecule has 240 valence electrons. The van der Waals surface area contributed by atoms with Crippen molar-refractivity contribution in [2.45, 2.75) is 94.4 Å². The van der Waals surface area contributed by atoms with Crippen LogP contribution in [0, 0.1) is 5.92 Å². The van der Waals surface area contributed by atoms with E-state index in [-0.39, 0.29) is 0 Å². The molecule has 0 heterocycles. The second kappa shape index (κ2) is 15.9. The maximum absolute atomic E-state index is 11.4. The third-order valence-corrected chi connectivity index (χ3v) is 14.4. The topological polar surface area (TPSA) is 99.4 Å². The number of methoxy groups -OCH3 is 2. The van der Waals surface area contributed by atoms with Crippen LogP contribution < -0.4 is 15.9 Å². The van der Waals surface area contributed by atoms with Gasteiger partial charge in [0.05, 0.1) is 11.8 Å². The fourth-order valence-electron chi connectivity index (χ4n) is 7.17. The van der Waals surface area contributed by atoms with Gasteiger partial charge in [0.2, 0.25) is 5.79 Å². The van der Waals surface area contributed by atoms with Crippen molar-refractivity contribution in [3.63, 3.8) is 0 Å². The van der Waals surface area contributed by atoms with Gasteiger partial charge >= 0.3 is 0 Å². The monoisotopic (exact) mass is 623 g/mol. The Kier molecular flexibility index (Phi) is 12.6. The molecular weight excluding hydrogens is 571 g/mol. The largest absolute Gasteiger partial charge is 0.387 e. The predicted octanol–water partition coefficient (Wildman–Crippen LogP) is 4.94. The van der Waals surface area contributed by atoms with Gasteiger partial charge in [0.1, 0.15) is 41.5 Å². The van der Waals surface area contributed by atoms with Crippen molar-refractivity contribution in [1.29, 1.82) is 0 Å². The lowest BCUT2D eigenvalue weighted by molar-refractivity contribution is -0.367. The van der Waals surface area contributed by atoms with E-state index in [2.05, 4.69) is 91.0 Å². The van der Waals surface area contributed by atoms with Gasteiger partial charge in [-0.05, 0) is 55.7 Å². The van der Waals surface area contributed by atoms with Crippen molar-refractivity contribution >= 4 is 23.2 Å². The van der Waals surface area contributed by atoms with Crippen molar-refractivity contribution < 1.29 is 29.9 Å². The third-order valence-electron chi connectivity index (χ3n) is 9.89. The predicted molar refractivity (Wildman–Crippen MR) is 180 cm³/mol. The smallest absolute Gasteiger partial charge is 0.222 e. The quantitative estimate of drug-likeness (QED) is 0.103. The first kappa shape index (κ1) is 34.7. The Bertz CT molecular complexity index is 1150. The fourth-order valence-corrected chi connectivity index (χ4v) is 11.6. The molecule has 0 aliphatic heterocycles. The number of aliphatic hydroxyl groups excluding tert-OH is 2. The second-order valence-corrected chi connectivity index (χ2v) is 16.0. The van der Waals surface area contributed by atoms with Gasteiger partial charge in [-0.25, -0.2) is 0 Å². The first-order valence-electron chi connectivity index (χ1n) is 16.2. The van der Waals surface area contributed by atoms with Crippen LogP contribution in [-0.2, 0) is 9.47 Å². The lowest BCUT2D eigenvalue weighted by Gasteiger charge is -2.54. The zero-order valence-electron chi connectivity index (χ0n) is 26.6. The summed E-state index contributed by atoms with van der Waals surface area (Å²) in [5, 5.41) is 48.1. The van der Waals surface area contributed by atoms with Gasteiger partial charge in [0, 0.05) is 20.1 Å². The van der Waals surface area contributed by atoms with Gasteiger partial charge in [-0.1, -0.05) is 100 Å². The Morgan fingerprint density at radius 2 is 1.02 bits per heavy atom. The lowest BCUT2D eigenvalue weighted by atomic mass is 9.66. The molecular formula is C37H52O6P+. The van der Waals surface area contributed by atoms with E-state index in [1.807, 2.05) is 0 Å². The van der Waals surface area contributed by atoms with E-state index in [0.717, 1.165) is 25.4 Å². The number of hydrogen-bond donors (Lipinski definition) is 4. The van der Waals surface area contributed by atoms with Crippen LogP contribution in [0.3, 0.4) is 0 Å². The molecule has 0 amide bonds. The highest BCUT2D eigenvalue weighted by atomic mass is 31.2. The molecule has 4 rings (SSSR count). The van der Waals surface area contributed by atoms with Crippen LogP contribution in [0.4, 0.5) is 0 Å². The van der Waals surface area contributed by atoms with E-state index in [9.17, 15) is 20.4 Å².